The Morgan fingerprint density at radius 2 is 1.75 bits per heavy atom. The highest BCUT2D eigenvalue weighted by molar-refractivity contribution is 9.10. The minimum absolute atomic E-state index is 0.759. The molecular weight excluding hydrogens is 388 g/mol. The predicted octanol–water partition coefficient (Wildman–Crippen LogP) is 4.60. The van der Waals surface area contributed by atoms with Crippen molar-refractivity contribution in [2.45, 2.75) is 38.6 Å². The van der Waals surface area contributed by atoms with Crippen molar-refractivity contribution in [1.29, 1.82) is 0 Å². The van der Waals surface area contributed by atoms with E-state index in [4.69, 9.17) is 8.92 Å². The van der Waals surface area contributed by atoms with E-state index in [1.165, 1.54) is 51.0 Å². The average Bonchev–Trinajstić information content (AvgIpc) is 2.61. The number of likely N-dealkylation sites (tertiary alicyclic amines) is 1. The Bertz CT molecular complexity index is 530. The average molecular weight is 415 g/mol. The summed E-state index contributed by atoms with van der Waals surface area (Å²) in [6.45, 7) is 7.11. The molecule has 6 heteroatoms. The molecule has 1 aromatic carbocycles. The van der Waals surface area contributed by atoms with Crippen LogP contribution in [0.5, 0.6) is 11.5 Å². The molecular formula is C18H27BrN2O2S. The van der Waals surface area contributed by atoms with Gasteiger partial charge in [-0.05, 0) is 62.9 Å². The van der Waals surface area contributed by atoms with Gasteiger partial charge in [-0.2, -0.15) is 0 Å². The Morgan fingerprint density at radius 1 is 1.04 bits per heavy atom. The monoisotopic (exact) mass is 414 g/mol. The quantitative estimate of drug-likeness (QED) is 0.517. The van der Waals surface area contributed by atoms with Gasteiger partial charge in [-0.3, -0.25) is 0 Å². The van der Waals surface area contributed by atoms with Crippen LogP contribution in [0.15, 0.2) is 22.7 Å². The van der Waals surface area contributed by atoms with Gasteiger partial charge in [0.15, 0.2) is 11.5 Å². The van der Waals surface area contributed by atoms with E-state index >= 15 is 0 Å². The second-order valence-corrected chi connectivity index (χ2v) is 8.58. The zero-order valence-corrected chi connectivity index (χ0v) is 16.9. The molecule has 0 amide bonds. The number of piperidine rings is 2. The predicted molar refractivity (Wildman–Crippen MR) is 103 cm³/mol. The Hall–Kier alpha value is -0.430. The molecule has 0 radical (unpaired) electrons. The Kier molecular flexibility index (Phi) is 6.72. The largest absolute Gasteiger partial charge is 0.493 e. The summed E-state index contributed by atoms with van der Waals surface area (Å²) in [5.41, 5.74) is 0. The normalized spacial score (nSPS) is 21.8. The van der Waals surface area contributed by atoms with Crippen LogP contribution in [-0.4, -0.2) is 48.5 Å². The van der Waals surface area contributed by atoms with Gasteiger partial charge in [-0.1, -0.05) is 22.9 Å². The summed E-state index contributed by atoms with van der Waals surface area (Å²) in [7, 11) is 1.67. The fourth-order valence-corrected chi connectivity index (χ4v) is 4.50. The second kappa shape index (κ2) is 8.79. The number of nitrogens with zero attached hydrogens (tertiary/aromatic N) is 2. The zero-order chi connectivity index (χ0) is 16.9. The molecule has 134 valence electrons. The number of methoxy groups -OCH3 is 1. The van der Waals surface area contributed by atoms with Gasteiger partial charge >= 0.3 is 0 Å². The molecule has 0 unspecified atom stereocenters. The summed E-state index contributed by atoms with van der Waals surface area (Å²) in [6, 6.07) is 6.59. The summed E-state index contributed by atoms with van der Waals surface area (Å²) in [5, 5.41) is 0. The van der Waals surface area contributed by atoms with Crippen LogP contribution < -0.4 is 8.92 Å². The molecule has 2 saturated heterocycles. The Balaban J connectivity index is 1.45. The summed E-state index contributed by atoms with van der Waals surface area (Å²) in [4.78, 5) is 2.71. The molecule has 1 aromatic rings. The minimum atomic E-state index is 0.759. The van der Waals surface area contributed by atoms with Crippen LogP contribution in [0.1, 0.15) is 32.6 Å². The van der Waals surface area contributed by atoms with Crippen molar-refractivity contribution in [3.63, 3.8) is 0 Å². The van der Waals surface area contributed by atoms with Crippen LogP contribution >= 0.6 is 28.2 Å². The van der Waals surface area contributed by atoms with Crippen molar-refractivity contribution < 1.29 is 8.92 Å². The van der Waals surface area contributed by atoms with Gasteiger partial charge in [0.05, 0.1) is 7.11 Å². The van der Waals surface area contributed by atoms with Crippen LogP contribution in [0.3, 0.4) is 0 Å². The van der Waals surface area contributed by atoms with Crippen molar-refractivity contribution in [2.24, 2.45) is 5.92 Å². The van der Waals surface area contributed by atoms with Crippen molar-refractivity contribution in [2.75, 3.05) is 33.3 Å². The molecule has 2 heterocycles. The smallest absolute Gasteiger partial charge is 0.182 e. The highest BCUT2D eigenvalue weighted by atomic mass is 79.9. The fraction of sp³-hybridized carbons (Fsp3) is 0.667. The standard InChI is InChI=1S/C18H27BrN2O2S/c1-14-5-9-20(10-6-14)16-7-11-21(12-8-16)24-23-18-13-15(19)3-4-17(18)22-2/h3-4,13-14,16H,5-12H2,1-2H3. The third-order valence-electron chi connectivity index (χ3n) is 5.12. The Morgan fingerprint density at radius 3 is 2.42 bits per heavy atom. The first-order chi connectivity index (χ1) is 11.7. The lowest BCUT2D eigenvalue weighted by atomic mass is 9.95. The van der Waals surface area contributed by atoms with E-state index in [1.807, 2.05) is 18.2 Å². The zero-order valence-electron chi connectivity index (χ0n) is 14.5. The maximum atomic E-state index is 5.92. The van der Waals surface area contributed by atoms with E-state index < -0.39 is 0 Å². The number of halogens is 1. The number of hydrogen-bond donors (Lipinski definition) is 0. The van der Waals surface area contributed by atoms with Crippen molar-refractivity contribution >= 4 is 28.2 Å². The third-order valence-corrected chi connectivity index (χ3v) is 6.44. The molecule has 0 spiro atoms. The lowest BCUT2D eigenvalue weighted by molar-refractivity contribution is 0.102. The first kappa shape index (κ1) is 18.4. The first-order valence-corrected chi connectivity index (χ1v) is 10.3. The van der Waals surface area contributed by atoms with E-state index in [9.17, 15) is 0 Å². The fourth-order valence-electron chi connectivity index (χ4n) is 3.48. The highest BCUT2D eigenvalue weighted by Crippen LogP contribution is 2.34. The van der Waals surface area contributed by atoms with Gasteiger partial charge in [0, 0.05) is 23.6 Å². The molecule has 2 aliphatic heterocycles. The van der Waals surface area contributed by atoms with E-state index in [-0.39, 0.29) is 0 Å². The van der Waals surface area contributed by atoms with Gasteiger partial charge < -0.3 is 13.8 Å². The lowest BCUT2D eigenvalue weighted by Gasteiger charge is -2.40. The van der Waals surface area contributed by atoms with Gasteiger partial charge in [0.2, 0.25) is 0 Å². The second-order valence-electron chi connectivity index (χ2n) is 6.83. The minimum Gasteiger partial charge on any atom is -0.493 e. The summed E-state index contributed by atoms with van der Waals surface area (Å²) >= 11 is 4.94. The molecule has 3 rings (SSSR count). The molecule has 2 fully saturated rings. The van der Waals surface area contributed by atoms with Gasteiger partial charge in [0.1, 0.15) is 12.2 Å². The molecule has 0 atom stereocenters. The van der Waals surface area contributed by atoms with Gasteiger partial charge in [0.25, 0.3) is 0 Å². The van der Waals surface area contributed by atoms with Crippen molar-refractivity contribution in [3.05, 3.63) is 22.7 Å². The summed E-state index contributed by atoms with van der Waals surface area (Å²) in [6.07, 6.45) is 5.20. The van der Waals surface area contributed by atoms with Crippen molar-refractivity contribution in [3.8, 4) is 11.5 Å². The molecule has 0 aliphatic carbocycles. The third kappa shape index (κ3) is 4.81. The molecule has 0 bridgehead atoms. The maximum absolute atomic E-state index is 5.92. The number of ether oxygens (including phenoxy) is 1. The summed E-state index contributed by atoms with van der Waals surface area (Å²) < 4.78 is 14.6. The molecule has 4 nitrogen and oxygen atoms in total. The molecule has 24 heavy (non-hydrogen) atoms. The van der Waals surface area contributed by atoms with Crippen LogP contribution in [-0.2, 0) is 0 Å². The van der Waals surface area contributed by atoms with Gasteiger partial charge in [-0.15, -0.1) is 0 Å². The van der Waals surface area contributed by atoms with E-state index in [1.54, 1.807) is 7.11 Å². The molecule has 0 aromatic heterocycles. The van der Waals surface area contributed by atoms with Crippen LogP contribution in [0.2, 0.25) is 0 Å². The number of rotatable bonds is 5. The number of benzene rings is 1. The maximum Gasteiger partial charge on any atom is 0.182 e. The molecule has 2 aliphatic rings. The van der Waals surface area contributed by atoms with E-state index in [2.05, 4.69) is 32.1 Å². The van der Waals surface area contributed by atoms with E-state index in [0.29, 0.717) is 0 Å². The van der Waals surface area contributed by atoms with Crippen LogP contribution in [0.4, 0.5) is 0 Å². The van der Waals surface area contributed by atoms with Crippen LogP contribution in [0, 0.1) is 5.92 Å². The first-order valence-electron chi connectivity index (χ1n) is 8.83. The molecule has 0 saturated carbocycles. The Labute approximate surface area is 158 Å². The number of hydrogen-bond acceptors (Lipinski definition) is 5. The van der Waals surface area contributed by atoms with Crippen molar-refractivity contribution in [1.82, 2.24) is 9.21 Å². The van der Waals surface area contributed by atoms with Gasteiger partial charge in [-0.25, -0.2) is 4.31 Å². The highest BCUT2D eigenvalue weighted by Gasteiger charge is 2.27. The SMILES string of the molecule is COc1ccc(Br)cc1OSN1CCC(N2CCC(C)CC2)CC1. The van der Waals surface area contributed by atoms with E-state index in [0.717, 1.165) is 41.0 Å². The summed E-state index contributed by atoms with van der Waals surface area (Å²) in [5.74, 6) is 2.44. The van der Waals surface area contributed by atoms with Crippen LogP contribution in [0.25, 0.3) is 0 Å². The molecule has 0 N–H and O–H groups in total. The lowest BCUT2D eigenvalue weighted by Crippen LogP contribution is -2.46. The topological polar surface area (TPSA) is 24.9 Å².